The van der Waals surface area contributed by atoms with Crippen LogP contribution in [-0.2, 0) is 9.47 Å². The van der Waals surface area contributed by atoms with Gasteiger partial charge in [0.1, 0.15) is 0 Å². The summed E-state index contributed by atoms with van der Waals surface area (Å²) in [7, 11) is 3.20. The van der Waals surface area contributed by atoms with Crippen LogP contribution in [-0.4, -0.2) is 20.1 Å². The summed E-state index contributed by atoms with van der Waals surface area (Å²) in [6.07, 6.45) is 1.93. The zero-order valence-corrected chi connectivity index (χ0v) is 9.38. The van der Waals surface area contributed by atoms with Gasteiger partial charge in [-0.1, -0.05) is 18.2 Å². The largest absolute Gasteiger partial charge is 0.491 e. The van der Waals surface area contributed by atoms with E-state index in [1.165, 1.54) is 11.9 Å². The van der Waals surface area contributed by atoms with Crippen LogP contribution in [0.4, 0.5) is 0 Å². The second kappa shape index (κ2) is 4.40. The molecule has 2 rings (SSSR count). The number of benzene rings is 1. The summed E-state index contributed by atoms with van der Waals surface area (Å²) in [4.78, 5) is 1.10. The Balaban J connectivity index is 2.48. The van der Waals surface area contributed by atoms with Crippen molar-refractivity contribution in [3.05, 3.63) is 35.6 Å². The Morgan fingerprint density at radius 1 is 1.13 bits per heavy atom. The predicted molar refractivity (Wildman–Crippen MR) is 61.7 cm³/mol. The number of hydrogen-bond acceptors (Lipinski definition) is 4. The van der Waals surface area contributed by atoms with E-state index in [2.05, 4.69) is 4.40 Å². The number of rotatable bonds is 1. The van der Waals surface area contributed by atoms with E-state index in [1.807, 2.05) is 30.3 Å². The lowest BCUT2D eigenvalue weighted by Crippen LogP contribution is -2.05. The van der Waals surface area contributed by atoms with Crippen LogP contribution in [0.25, 0.3) is 6.08 Å². The molecule has 0 N–H and O–H groups in total. The molecule has 78 valence electrons. The minimum Gasteiger partial charge on any atom is -0.491 e. The summed E-state index contributed by atoms with van der Waals surface area (Å²) in [5.74, 6) is 1.16. The Labute approximate surface area is 92.9 Å². The van der Waals surface area contributed by atoms with Crippen LogP contribution in [0.3, 0.4) is 0 Å². The molecule has 0 unspecified atom stereocenters. The first-order valence-electron chi connectivity index (χ1n) is 4.49. The highest BCUT2D eigenvalue weighted by molar-refractivity contribution is 7.98. The lowest BCUT2D eigenvalue weighted by molar-refractivity contribution is 0.289. The van der Waals surface area contributed by atoms with Crippen LogP contribution in [0, 0.1) is 0 Å². The molecule has 15 heavy (non-hydrogen) atoms. The first kappa shape index (κ1) is 10.1. The van der Waals surface area contributed by atoms with Crippen molar-refractivity contribution in [2.24, 2.45) is 4.40 Å². The second-order valence-electron chi connectivity index (χ2n) is 2.94. The molecule has 0 saturated heterocycles. The molecule has 1 heterocycles. The van der Waals surface area contributed by atoms with Gasteiger partial charge >= 0.3 is 0 Å². The Hall–Kier alpha value is -1.42. The second-order valence-corrected chi connectivity index (χ2v) is 3.75. The van der Waals surface area contributed by atoms with Crippen molar-refractivity contribution in [1.82, 2.24) is 0 Å². The normalized spacial score (nSPS) is 14.5. The van der Waals surface area contributed by atoms with Gasteiger partial charge in [-0.2, -0.15) is 4.40 Å². The number of fused-ring (bicyclic) bond motifs is 1. The summed E-state index contributed by atoms with van der Waals surface area (Å²) >= 11 is 1.39. The Morgan fingerprint density at radius 2 is 1.93 bits per heavy atom. The quantitative estimate of drug-likeness (QED) is 0.683. The average molecular weight is 221 g/mol. The zero-order valence-electron chi connectivity index (χ0n) is 8.56. The van der Waals surface area contributed by atoms with E-state index < -0.39 is 0 Å². The third-order valence-electron chi connectivity index (χ3n) is 2.06. The topological polar surface area (TPSA) is 30.8 Å². The molecular weight excluding hydrogens is 210 g/mol. The SMILES string of the molecule is COC1=Cc2ccccc2SN=C1OC. The summed E-state index contributed by atoms with van der Waals surface area (Å²) < 4.78 is 14.6. The van der Waals surface area contributed by atoms with E-state index in [4.69, 9.17) is 9.47 Å². The molecule has 0 radical (unpaired) electrons. The standard InChI is InChI=1S/C11H11NO2S/c1-13-9-7-8-5-3-4-6-10(8)15-12-11(9)14-2/h3-7H,1-2H3. The van der Waals surface area contributed by atoms with E-state index in [1.54, 1.807) is 14.2 Å². The van der Waals surface area contributed by atoms with Crippen LogP contribution in [0.2, 0.25) is 0 Å². The van der Waals surface area contributed by atoms with Gasteiger partial charge in [0.15, 0.2) is 5.76 Å². The van der Waals surface area contributed by atoms with Gasteiger partial charge in [0.2, 0.25) is 0 Å². The van der Waals surface area contributed by atoms with Crippen molar-refractivity contribution in [3.63, 3.8) is 0 Å². The molecule has 0 atom stereocenters. The van der Waals surface area contributed by atoms with Gasteiger partial charge in [0.05, 0.1) is 14.2 Å². The third-order valence-corrected chi connectivity index (χ3v) is 2.88. The first-order valence-corrected chi connectivity index (χ1v) is 5.26. The number of ether oxygens (including phenoxy) is 2. The molecular formula is C11H11NO2S. The van der Waals surface area contributed by atoms with Gasteiger partial charge in [-0.25, -0.2) is 0 Å². The van der Waals surface area contributed by atoms with E-state index in [0.29, 0.717) is 11.7 Å². The molecule has 0 aromatic heterocycles. The third kappa shape index (κ3) is 1.99. The Bertz CT molecular complexity index is 426. The van der Waals surface area contributed by atoms with Crippen LogP contribution < -0.4 is 0 Å². The molecule has 0 amide bonds. The number of nitrogens with zero attached hydrogens (tertiary/aromatic N) is 1. The van der Waals surface area contributed by atoms with Gasteiger partial charge < -0.3 is 9.47 Å². The maximum Gasteiger partial charge on any atom is 0.264 e. The van der Waals surface area contributed by atoms with Crippen LogP contribution in [0.15, 0.2) is 39.3 Å². The van der Waals surface area contributed by atoms with E-state index in [9.17, 15) is 0 Å². The van der Waals surface area contributed by atoms with E-state index in [-0.39, 0.29) is 0 Å². The lowest BCUT2D eigenvalue weighted by Gasteiger charge is -2.05. The Kier molecular flexibility index (Phi) is 2.97. The highest BCUT2D eigenvalue weighted by atomic mass is 32.2. The molecule has 1 aliphatic heterocycles. The maximum atomic E-state index is 5.22. The van der Waals surface area contributed by atoms with Crippen LogP contribution >= 0.6 is 11.9 Å². The molecule has 0 aliphatic carbocycles. The monoisotopic (exact) mass is 221 g/mol. The Morgan fingerprint density at radius 3 is 2.67 bits per heavy atom. The molecule has 4 heteroatoms. The van der Waals surface area contributed by atoms with Gasteiger partial charge in [0.25, 0.3) is 5.90 Å². The van der Waals surface area contributed by atoms with E-state index >= 15 is 0 Å². The fraction of sp³-hybridized carbons (Fsp3) is 0.182. The minimum absolute atomic E-state index is 0.513. The zero-order chi connectivity index (χ0) is 10.7. The van der Waals surface area contributed by atoms with Crippen LogP contribution in [0.1, 0.15) is 5.56 Å². The molecule has 3 nitrogen and oxygen atoms in total. The highest BCUT2D eigenvalue weighted by Gasteiger charge is 2.14. The predicted octanol–water partition coefficient (Wildman–Crippen LogP) is 2.74. The molecule has 1 aromatic carbocycles. The summed E-state index contributed by atoms with van der Waals surface area (Å²) in [6.45, 7) is 0. The fourth-order valence-corrected chi connectivity index (χ4v) is 2.02. The van der Waals surface area contributed by atoms with Crippen molar-refractivity contribution < 1.29 is 9.47 Å². The number of hydrogen-bond donors (Lipinski definition) is 0. The molecule has 0 bridgehead atoms. The lowest BCUT2D eigenvalue weighted by atomic mass is 10.2. The van der Waals surface area contributed by atoms with E-state index in [0.717, 1.165) is 10.5 Å². The molecule has 0 saturated carbocycles. The minimum atomic E-state index is 0.513. The average Bonchev–Trinajstić information content (AvgIpc) is 2.47. The highest BCUT2D eigenvalue weighted by Crippen LogP contribution is 2.29. The summed E-state index contributed by atoms with van der Waals surface area (Å²) in [5, 5.41) is 0. The van der Waals surface area contributed by atoms with Gasteiger partial charge in [-0.3, -0.25) is 0 Å². The molecule has 0 fully saturated rings. The van der Waals surface area contributed by atoms with Gasteiger partial charge in [0, 0.05) is 16.8 Å². The van der Waals surface area contributed by atoms with Gasteiger partial charge in [-0.05, 0) is 17.7 Å². The smallest absolute Gasteiger partial charge is 0.264 e. The molecule has 0 spiro atoms. The van der Waals surface area contributed by atoms with Crippen molar-refractivity contribution in [3.8, 4) is 0 Å². The maximum absolute atomic E-state index is 5.22. The number of methoxy groups -OCH3 is 2. The van der Waals surface area contributed by atoms with Crippen molar-refractivity contribution in [2.45, 2.75) is 4.90 Å². The summed E-state index contributed by atoms with van der Waals surface area (Å²) in [5.41, 5.74) is 1.09. The summed E-state index contributed by atoms with van der Waals surface area (Å²) in [6, 6.07) is 8.02. The van der Waals surface area contributed by atoms with Crippen molar-refractivity contribution >= 4 is 23.9 Å². The molecule has 1 aliphatic rings. The van der Waals surface area contributed by atoms with Crippen LogP contribution in [0.5, 0.6) is 0 Å². The van der Waals surface area contributed by atoms with Gasteiger partial charge in [-0.15, -0.1) is 0 Å². The molecule has 1 aromatic rings. The fourth-order valence-electron chi connectivity index (χ4n) is 1.31. The van der Waals surface area contributed by atoms with Crippen molar-refractivity contribution in [1.29, 1.82) is 0 Å². The first-order chi connectivity index (χ1) is 7.35. The van der Waals surface area contributed by atoms with Crippen molar-refractivity contribution in [2.75, 3.05) is 14.2 Å².